The molecule has 94 valence electrons. The van der Waals surface area contributed by atoms with Crippen LogP contribution in [0.3, 0.4) is 0 Å². The lowest BCUT2D eigenvalue weighted by molar-refractivity contribution is 0.0527. The van der Waals surface area contributed by atoms with Crippen LogP contribution in [0.4, 0.5) is 5.69 Å². The lowest BCUT2D eigenvalue weighted by atomic mass is 10.2. The van der Waals surface area contributed by atoms with Crippen LogP contribution in [0.25, 0.3) is 11.4 Å². The minimum absolute atomic E-state index is 0.321. The Morgan fingerprint density at radius 1 is 1.50 bits per heavy atom. The van der Waals surface area contributed by atoms with Gasteiger partial charge in [-0.15, -0.1) is 0 Å². The van der Waals surface area contributed by atoms with Crippen LogP contribution in [0.15, 0.2) is 24.4 Å². The Labute approximate surface area is 105 Å². The van der Waals surface area contributed by atoms with Crippen molar-refractivity contribution in [2.75, 3.05) is 12.3 Å². The van der Waals surface area contributed by atoms with Crippen LogP contribution in [0, 0.1) is 6.92 Å². The van der Waals surface area contributed by atoms with Gasteiger partial charge in [-0.05, 0) is 26.0 Å². The summed E-state index contributed by atoms with van der Waals surface area (Å²) in [4.78, 5) is 19.1. The summed E-state index contributed by atoms with van der Waals surface area (Å²) < 4.78 is 4.98. The molecule has 0 fully saturated rings. The summed E-state index contributed by atoms with van der Waals surface area (Å²) in [7, 11) is 0. The first-order valence-corrected chi connectivity index (χ1v) is 5.71. The molecule has 2 aromatic rings. The van der Waals surface area contributed by atoms with Crippen LogP contribution >= 0.6 is 0 Å². The molecule has 5 nitrogen and oxygen atoms in total. The highest BCUT2D eigenvalue weighted by Crippen LogP contribution is 2.29. The molecule has 0 aliphatic carbocycles. The number of hydrogen-bond acceptors (Lipinski definition) is 4. The van der Waals surface area contributed by atoms with Crippen molar-refractivity contribution in [1.29, 1.82) is 0 Å². The second kappa shape index (κ2) is 4.91. The van der Waals surface area contributed by atoms with E-state index in [9.17, 15) is 4.79 Å². The van der Waals surface area contributed by atoms with Crippen LogP contribution in [0.5, 0.6) is 0 Å². The summed E-state index contributed by atoms with van der Waals surface area (Å²) >= 11 is 0. The molecular formula is C13H15N3O2. The van der Waals surface area contributed by atoms with E-state index >= 15 is 0 Å². The van der Waals surface area contributed by atoms with Gasteiger partial charge in [-0.3, -0.25) is 4.98 Å². The van der Waals surface area contributed by atoms with E-state index in [0.717, 1.165) is 0 Å². The second-order valence-corrected chi connectivity index (χ2v) is 3.85. The molecule has 0 radical (unpaired) electrons. The number of H-pyrrole nitrogens is 1. The third kappa shape index (κ3) is 2.07. The Balaban J connectivity index is 2.47. The quantitative estimate of drug-likeness (QED) is 0.812. The Kier molecular flexibility index (Phi) is 3.32. The van der Waals surface area contributed by atoms with Crippen LogP contribution in [-0.2, 0) is 4.74 Å². The van der Waals surface area contributed by atoms with Crippen LogP contribution in [-0.4, -0.2) is 22.5 Å². The summed E-state index contributed by atoms with van der Waals surface area (Å²) in [5.41, 5.74) is 8.80. The summed E-state index contributed by atoms with van der Waals surface area (Å²) in [5.74, 6) is -0.411. The Hall–Kier alpha value is -2.30. The molecule has 3 N–H and O–H groups in total. The number of nitrogens with one attached hydrogen (secondary N) is 1. The SMILES string of the molecule is CCOC(=O)c1c(C)[nH]c(-c2ccccn2)c1N. The first-order valence-electron chi connectivity index (χ1n) is 5.71. The topological polar surface area (TPSA) is 81.0 Å². The van der Waals surface area contributed by atoms with Gasteiger partial charge >= 0.3 is 5.97 Å². The van der Waals surface area contributed by atoms with Crippen molar-refractivity contribution < 1.29 is 9.53 Å². The van der Waals surface area contributed by atoms with Crippen LogP contribution in [0.2, 0.25) is 0 Å². The zero-order valence-corrected chi connectivity index (χ0v) is 10.4. The summed E-state index contributed by atoms with van der Waals surface area (Å²) in [6, 6.07) is 5.51. The zero-order valence-electron chi connectivity index (χ0n) is 10.4. The molecule has 0 unspecified atom stereocenters. The maximum Gasteiger partial charge on any atom is 0.342 e. The average molecular weight is 245 g/mol. The number of ether oxygens (including phenoxy) is 1. The molecule has 0 aliphatic heterocycles. The van der Waals surface area contributed by atoms with Gasteiger partial charge < -0.3 is 15.5 Å². The number of nitrogens with two attached hydrogens (primary N) is 1. The number of carbonyl (C=O) groups is 1. The molecule has 18 heavy (non-hydrogen) atoms. The fourth-order valence-electron chi connectivity index (χ4n) is 1.82. The smallest absolute Gasteiger partial charge is 0.342 e. The second-order valence-electron chi connectivity index (χ2n) is 3.85. The van der Waals surface area contributed by atoms with Gasteiger partial charge in [0.2, 0.25) is 0 Å². The molecule has 0 aliphatic rings. The number of esters is 1. The summed E-state index contributed by atoms with van der Waals surface area (Å²) in [6.45, 7) is 3.87. The standard InChI is InChI=1S/C13H15N3O2/c1-3-18-13(17)10-8(2)16-12(11(10)14)9-6-4-5-7-15-9/h4-7,16H,3,14H2,1-2H3. The molecule has 0 saturated carbocycles. The molecule has 0 saturated heterocycles. The van der Waals surface area contributed by atoms with Gasteiger partial charge in [-0.2, -0.15) is 0 Å². The number of pyridine rings is 1. The average Bonchev–Trinajstić information content (AvgIpc) is 2.66. The summed E-state index contributed by atoms with van der Waals surface area (Å²) in [6.07, 6.45) is 1.68. The monoisotopic (exact) mass is 245 g/mol. The van der Waals surface area contributed by atoms with Crippen molar-refractivity contribution in [3.8, 4) is 11.4 Å². The van der Waals surface area contributed by atoms with Gasteiger partial charge in [-0.1, -0.05) is 6.07 Å². The van der Waals surface area contributed by atoms with Gasteiger partial charge in [0.05, 0.1) is 23.7 Å². The highest BCUT2D eigenvalue weighted by molar-refractivity contribution is 6.00. The van der Waals surface area contributed by atoms with E-state index in [-0.39, 0.29) is 0 Å². The Bertz CT molecular complexity index is 561. The third-order valence-corrected chi connectivity index (χ3v) is 2.63. The minimum Gasteiger partial charge on any atom is -0.462 e. The van der Waals surface area contributed by atoms with Crippen molar-refractivity contribution in [2.45, 2.75) is 13.8 Å². The van der Waals surface area contributed by atoms with Gasteiger partial charge in [0.1, 0.15) is 5.56 Å². The lowest BCUT2D eigenvalue weighted by Crippen LogP contribution is -2.07. The van der Waals surface area contributed by atoms with E-state index in [2.05, 4.69) is 9.97 Å². The molecule has 0 aromatic carbocycles. The third-order valence-electron chi connectivity index (χ3n) is 2.63. The maximum atomic E-state index is 11.8. The lowest BCUT2D eigenvalue weighted by Gasteiger charge is -2.02. The van der Waals surface area contributed by atoms with Gasteiger partial charge in [0.15, 0.2) is 0 Å². The number of nitrogen functional groups attached to an aromatic ring is 1. The first kappa shape index (κ1) is 12.2. The van der Waals surface area contributed by atoms with E-state index in [0.29, 0.717) is 34.9 Å². The molecule has 0 spiro atoms. The van der Waals surface area contributed by atoms with Crippen molar-refractivity contribution >= 4 is 11.7 Å². The number of aryl methyl sites for hydroxylation is 1. The fraction of sp³-hybridized carbons (Fsp3) is 0.231. The number of aromatic nitrogens is 2. The molecule has 2 aromatic heterocycles. The van der Waals surface area contributed by atoms with E-state index in [1.807, 2.05) is 18.2 Å². The van der Waals surface area contributed by atoms with Crippen LogP contribution < -0.4 is 5.73 Å². The minimum atomic E-state index is -0.411. The largest absolute Gasteiger partial charge is 0.462 e. The van der Waals surface area contributed by atoms with Crippen molar-refractivity contribution in [1.82, 2.24) is 9.97 Å². The van der Waals surface area contributed by atoms with E-state index < -0.39 is 5.97 Å². The van der Waals surface area contributed by atoms with Crippen molar-refractivity contribution in [3.05, 3.63) is 35.7 Å². The van der Waals surface area contributed by atoms with E-state index in [1.54, 1.807) is 20.0 Å². The molecule has 0 bridgehead atoms. The normalized spacial score (nSPS) is 10.3. The number of rotatable bonds is 3. The van der Waals surface area contributed by atoms with Gasteiger partial charge in [-0.25, -0.2) is 4.79 Å². The van der Waals surface area contributed by atoms with E-state index in [1.165, 1.54) is 0 Å². The first-order chi connectivity index (χ1) is 8.65. The van der Waals surface area contributed by atoms with E-state index in [4.69, 9.17) is 10.5 Å². The molecule has 2 heterocycles. The zero-order chi connectivity index (χ0) is 13.1. The fourth-order valence-corrected chi connectivity index (χ4v) is 1.82. The number of carbonyl (C=O) groups excluding carboxylic acids is 1. The Morgan fingerprint density at radius 2 is 2.28 bits per heavy atom. The Morgan fingerprint density at radius 3 is 2.89 bits per heavy atom. The maximum absolute atomic E-state index is 11.8. The molecule has 5 heteroatoms. The number of aromatic amines is 1. The number of hydrogen-bond donors (Lipinski definition) is 2. The number of anilines is 1. The van der Waals surface area contributed by atoms with Gasteiger partial charge in [0.25, 0.3) is 0 Å². The predicted molar refractivity (Wildman–Crippen MR) is 69.1 cm³/mol. The molecular weight excluding hydrogens is 230 g/mol. The predicted octanol–water partition coefficient (Wildman–Crippen LogP) is 2.14. The van der Waals surface area contributed by atoms with Crippen LogP contribution in [0.1, 0.15) is 23.0 Å². The molecule has 0 atom stereocenters. The number of nitrogens with zero attached hydrogens (tertiary/aromatic N) is 1. The van der Waals surface area contributed by atoms with Crippen molar-refractivity contribution in [3.63, 3.8) is 0 Å². The summed E-state index contributed by atoms with van der Waals surface area (Å²) in [5, 5.41) is 0. The molecule has 0 amide bonds. The highest BCUT2D eigenvalue weighted by Gasteiger charge is 2.21. The van der Waals surface area contributed by atoms with Gasteiger partial charge in [0, 0.05) is 11.9 Å². The van der Waals surface area contributed by atoms with Crippen molar-refractivity contribution in [2.24, 2.45) is 0 Å². The highest BCUT2D eigenvalue weighted by atomic mass is 16.5. The molecule has 2 rings (SSSR count).